The Morgan fingerprint density at radius 2 is 2.05 bits per heavy atom. The number of aliphatic hydroxyl groups is 1. The van der Waals surface area contributed by atoms with Crippen molar-refractivity contribution < 1.29 is 27.5 Å². The first-order valence-electron chi connectivity index (χ1n) is 6.29. The molecular formula is C13H16F4N2O2. The summed E-state index contributed by atoms with van der Waals surface area (Å²) in [5.74, 6) is -1.40. The van der Waals surface area contributed by atoms with Gasteiger partial charge >= 0.3 is 12.2 Å². The maximum absolute atomic E-state index is 13.1. The molecule has 3 N–H and O–H groups in total. The van der Waals surface area contributed by atoms with Crippen LogP contribution in [0, 0.1) is 5.82 Å². The number of urea groups is 1. The number of aliphatic hydroxyl groups excluding tert-OH is 1. The highest BCUT2D eigenvalue weighted by Crippen LogP contribution is 2.32. The number of nitrogens with one attached hydrogen (secondary N) is 2. The Bertz CT molecular complexity index is 492. The van der Waals surface area contributed by atoms with Crippen molar-refractivity contribution in [1.82, 2.24) is 5.32 Å². The van der Waals surface area contributed by atoms with Crippen LogP contribution >= 0.6 is 0 Å². The lowest BCUT2D eigenvalue weighted by Crippen LogP contribution is -2.36. The monoisotopic (exact) mass is 308 g/mol. The molecule has 0 aliphatic rings. The van der Waals surface area contributed by atoms with E-state index in [1.54, 1.807) is 6.92 Å². The maximum Gasteiger partial charge on any atom is 0.419 e. The fourth-order valence-corrected chi connectivity index (χ4v) is 1.68. The van der Waals surface area contributed by atoms with Crippen molar-refractivity contribution in [3.05, 3.63) is 29.6 Å². The molecule has 1 atom stereocenters. The van der Waals surface area contributed by atoms with Gasteiger partial charge in [0, 0.05) is 18.3 Å². The van der Waals surface area contributed by atoms with Gasteiger partial charge in [-0.15, -0.1) is 0 Å². The third kappa shape index (κ3) is 5.58. The van der Waals surface area contributed by atoms with Gasteiger partial charge in [0.1, 0.15) is 5.82 Å². The van der Waals surface area contributed by atoms with Gasteiger partial charge in [-0.2, -0.15) is 13.2 Å². The Labute approximate surface area is 119 Å². The topological polar surface area (TPSA) is 61.4 Å². The van der Waals surface area contributed by atoms with Crippen molar-refractivity contribution in [3.63, 3.8) is 0 Å². The molecule has 118 valence electrons. The van der Waals surface area contributed by atoms with E-state index in [2.05, 4.69) is 10.6 Å². The molecule has 1 rings (SSSR count). The van der Waals surface area contributed by atoms with Gasteiger partial charge in [-0.25, -0.2) is 9.18 Å². The van der Waals surface area contributed by atoms with E-state index in [0.29, 0.717) is 25.0 Å². The van der Waals surface area contributed by atoms with Crippen molar-refractivity contribution in [2.75, 3.05) is 11.9 Å². The molecule has 0 saturated carbocycles. The van der Waals surface area contributed by atoms with Crippen molar-refractivity contribution >= 4 is 11.7 Å². The van der Waals surface area contributed by atoms with E-state index in [1.165, 1.54) is 0 Å². The van der Waals surface area contributed by atoms with E-state index in [1.807, 2.05) is 0 Å². The lowest BCUT2D eigenvalue weighted by atomic mass is 10.2. The van der Waals surface area contributed by atoms with E-state index in [0.717, 1.165) is 6.07 Å². The fourth-order valence-electron chi connectivity index (χ4n) is 1.68. The first-order valence-corrected chi connectivity index (χ1v) is 6.29. The van der Waals surface area contributed by atoms with Crippen LogP contribution in [0.2, 0.25) is 0 Å². The van der Waals surface area contributed by atoms with Crippen molar-refractivity contribution in [3.8, 4) is 0 Å². The fraction of sp³-hybridized carbons (Fsp3) is 0.462. The minimum atomic E-state index is -4.83. The summed E-state index contributed by atoms with van der Waals surface area (Å²) >= 11 is 0. The zero-order valence-corrected chi connectivity index (χ0v) is 11.3. The molecule has 4 nitrogen and oxygen atoms in total. The van der Waals surface area contributed by atoms with Gasteiger partial charge < -0.3 is 15.7 Å². The predicted molar refractivity (Wildman–Crippen MR) is 69.3 cm³/mol. The SMILES string of the molecule is CC(CCCO)NC(=O)Nc1ccc(F)c(C(F)(F)F)c1. The summed E-state index contributed by atoms with van der Waals surface area (Å²) in [5.41, 5.74) is -1.59. The quantitative estimate of drug-likeness (QED) is 0.732. The zero-order valence-electron chi connectivity index (χ0n) is 11.3. The van der Waals surface area contributed by atoms with Crippen LogP contribution in [-0.4, -0.2) is 23.8 Å². The summed E-state index contributed by atoms with van der Waals surface area (Å²) in [6.45, 7) is 1.68. The van der Waals surface area contributed by atoms with Crippen molar-refractivity contribution in [1.29, 1.82) is 0 Å². The molecule has 1 unspecified atom stereocenters. The third-order valence-electron chi connectivity index (χ3n) is 2.70. The van der Waals surface area contributed by atoms with Crippen LogP contribution in [0.1, 0.15) is 25.3 Å². The molecule has 0 heterocycles. The maximum atomic E-state index is 13.1. The lowest BCUT2D eigenvalue weighted by Gasteiger charge is -2.15. The van der Waals surface area contributed by atoms with Crippen molar-refractivity contribution in [2.45, 2.75) is 32.0 Å². The Kier molecular flexibility index (Phi) is 5.95. The number of anilines is 1. The van der Waals surface area contributed by atoms with Gasteiger partial charge in [0.2, 0.25) is 0 Å². The number of carbonyl (C=O) groups excluding carboxylic acids is 1. The van der Waals surface area contributed by atoms with Crippen molar-refractivity contribution in [2.24, 2.45) is 0 Å². The molecule has 0 spiro atoms. The molecule has 0 saturated heterocycles. The van der Waals surface area contributed by atoms with E-state index in [9.17, 15) is 22.4 Å². The molecular weight excluding hydrogens is 292 g/mol. The highest BCUT2D eigenvalue weighted by molar-refractivity contribution is 5.89. The molecule has 0 aliphatic carbocycles. The zero-order chi connectivity index (χ0) is 16.0. The molecule has 0 fully saturated rings. The number of rotatable bonds is 5. The number of amides is 2. The highest BCUT2D eigenvalue weighted by Gasteiger charge is 2.34. The van der Waals surface area contributed by atoms with Gasteiger partial charge in [0.25, 0.3) is 0 Å². The normalized spacial score (nSPS) is 12.9. The van der Waals surface area contributed by atoms with E-state index >= 15 is 0 Å². The summed E-state index contributed by atoms with van der Waals surface area (Å²) in [5, 5.41) is 13.4. The number of halogens is 4. The highest BCUT2D eigenvalue weighted by atomic mass is 19.4. The first-order chi connectivity index (χ1) is 9.74. The average molecular weight is 308 g/mol. The van der Waals surface area contributed by atoms with E-state index in [4.69, 9.17) is 5.11 Å². The van der Waals surface area contributed by atoms with Gasteiger partial charge in [0.05, 0.1) is 5.56 Å². The van der Waals surface area contributed by atoms with E-state index in [-0.39, 0.29) is 18.3 Å². The number of alkyl halides is 3. The van der Waals surface area contributed by atoms with Gasteiger partial charge in [-0.1, -0.05) is 0 Å². The van der Waals surface area contributed by atoms with Crippen LogP contribution in [0.5, 0.6) is 0 Å². The number of benzene rings is 1. The Hall–Kier alpha value is -1.83. The minimum Gasteiger partial charge on any atom is -0.396 e. The Balaban J connectivity index is 2.69. The smallest absolute Gasteiger partial charge is 0.396 e. The average Bonchev–Trinajstić information content (AvgIpc) is 2.37. The molecule has 1 aromatic rings. The van der Waals surface area contributed by atoms with Gasteiger partial charge in [-0.05, 0) is 38.0 Å². The largest absolute Gasteiger partial charge is 0.419 e. The molecule has 1 aromatic carbocycles. The second kappa shape index (κ2) is 7.26. The molecule has 0 radical (unpaired) electrons. The summed E-state index contributed by atoms with van der Waals surface area (Å²) in [7, 11) is 0. The first kappa shape index (κ1) is 17.2. The number of hydrogen-bond acceptors (Lipinski definition) is 2. The number of hydrogen-bond donors (Lipinski definition) is 3. The van der Waals surface area contributed by atoms with Crippen LogP contribution in [0.25, 0.3) is 0 Å². The van der Waals surface area contributed by atoms with Gasteiger partial charge in [-0.3, -0.25) is 0 Å². The molecule has 0 aliphatic heterocycles. The van der Waals surface area contributed by atoms with E-state index < -0.39 is 23.6 Å². The van der Waals surface area contributed by atoms with Crippen LogP contribution in [0.15, 0.2) is 18.2 Å². The molecule has 0 bridgehead atoms. The summed E-state index contributed by atoms with van der Waals surface area (Å²) in [6, 6.07) is 1.28. The second-order valence-electron chi connectivity index (χ2n) is 4.56. The summed E-state index contributed by atoms with van der Waals surface area (Å²) < 4.78 is 50.7. The van der Waals surface area contributed by atoms with Crippen LogP contribution in [0.4, 0.5) is 28.0 Å². The molecule has 0 aromatic heterocycles. The van der Waals surface area contributed by atoms with Gasteiger partial charge in [0.15, 0.2) is 0 Å². The molecule has 21 heavy (non-hydrogen) atoms. The minimum absolute atomic E-state index is 0.0133. The number of carbonyl (C=O) groups is 1. The molecule has 2 amide bonds. The standard InChI is InChI=1S/C13H16F4N2O2/c1-8(3-2-6-20)18-12(21)19-9-4-5-11(14)10(7-9)13(15,16)17/h4-5,7-8,20H,2-3,6H2,1H3,(H2,18,19,21). The van der Waals surface area contributed by atoms with Crippen LogP contribution in [0.3, 0.4) is 0 Å². The summed E-state index contributed by atoms with van der Waals surface area (Å²) in [4.78, 5) is 11.6. The van der Waals surface area contributed by atoms with Crippen LogP contribution < -0.4 is 10.6 Å². The predicted octanol–water partition coefficient (Wildman–Crippen LogP) is 3.13. The Morgan fingerprint density at radius 1 is 1.38 bits per heavy atom. The Morgan fingerprint density at radius 3 is 2.62 bits per heavy atom. The third-order valence-corrected chi connectivity index (χ3v) is 2.70. The lowest BCUT2D eigenvalue weighted by molar-refractivity contribution is -0.139. The summed E-state index contributed by atoms with van der Waals surface area (Å²) in [6.07, 6.45) is -3.80. The molecule has 8 heteroatoms. The second-order valence-corrected chi connectivity index (χ2v) is 4.56. The van der Waals surface area contributed by atoms with Crippen LogP contribution in [-0.2, 0) is 6.18 Å².